The second-order valence-corrected chi connectivity index (χ2v) is 8.79. The largest absolute Gasteiger partial charge is 0.311 e. The van der Waals surface area contributed by atoms with Crippen LogP contribution in [0.5, 0.6) is 0 Å². The van der Waals surface area contributed by atoms with Gasteiger partial charge in [-0.1, -0.05) is 6.42 Å². The number of sulfone groups is 1. The fourth-order valence-electron chi connectivity index (χ4n) is 3.07. The lowest BCUT2D eigenvalue weighted by Gasteiger charge is -2.33. The molecule has 1 aromatic rings. The van der Waals surface area contributed by atoms with Crippen molar-refractivity contribution in [2.75, 3.05) is 13.3 Å². The highest BCUT2D eigenvalue weighted by atomic mass is 79.9. The molecule has 1 heterocycles. The van der Waals surface area contributed by atoms with E-state index in [1.165, 1.54) is 6.26 Å². The number of nitrogens with one attached hydrogen (secondary N) is 1. The zero-order valence-electron chi connectivity index (χ0n) is 11.8. The third kappa shape index (κ3) is 3.80. The van der Waals surface area contributed by atoms with Crippen molar-refractivity contribution in [2.45, 2.75) is 37.0 Å². The summed E-state index contributed by atoms with van der Waals surface area (Å²) >= 11 is 3.39. The molecule has 4 nitrogen and oxygen atoms in total. The molecule has 3 unspecified atom stereocenters. The third-order valence-corrected chi connectivity index (χ3v) is 6.23. The Balaban J connectivity index is 2.17. The molecule has 112 valence electrons. The van der Waals surface area contributed by atoms with E-state index in [9.17, 15) is 8.42 Å². The number of aromatic nitrogens is 1. The lowest BCUT2D eigenvalue weighted by Crippen LogP contribution is -2.34. The van der Waals surface area contributed by atoms with Gasteiger partial charge >= 0.3 is 0 Å². The molecule has 3 atom stereocenters. The van der Waals surface area contributed by atoms with Crippen LogP contribution in [0.25, 0.3) is 0 Å². The van der Waals surface area contributed by atoms with Crippen LogP contribution in [-0.4, -0.2) is 32.0 Å². The Labute approximate surface area is 129 Å². The van der Waals surface area contributed by atoms with Crippen molar-refractivity contribution < 1.29 is 8.42 Å². The fourth-order valence-corrected chi connectivity index (χ4v) is 4.50. The fraction of sp³-hybridized carbons (Fsp3) is 0.643. The Kier molecular flexibility index (Phi) is 5.20. The highest BCUT2D eigenvalue weighted by Crippen LogP contribution is 2.36. The van der Waals surface area contributed by atoms with Crippen molar-refractivity contribution in [2.24, 2.45) is 5.92 Å². The molecule has 0 bridgehead atoms. The minimum Gasteiger partial charge on any atom is -0.311 e. The van der Waals surface area contributed by atoms with Crippen molar-refractivity contribution in [1.29, 1.82) is 0 Å². The highest BCUT2D eigenvalue weighted by Gasteiger charge is 2.33. The average molecular weight is 361 g/mol. The van der Waals surface area contributed by atoms with Gasteiger partial charge in [0.25, 0.3) is 0 Å². The number of rotatable bonds is 4. The minimum absolute atomic E-state index is 0.118. The molecular formula is C14H21BrN2O2S. The Hall–Kier alpha value is -0.460. The second-order valence-electron chi connectivity index (χ2n) is 5.55. The molecule has 0 amide bonds. The van der Waals surface area contributed by atoms with Gasteiger partial charge in [-0.15, -0.1) is 0 Å². The first-order chi connectivity index (χ1) is 9.41. The van der Waals surface area contributed by atoms with Crippen LogP contribution in [0.4, 0.5) is 0 Å². The standard InChI is InChI=1S/C14H21BrN2O2S/c1-16-14(13-7-6-11(15)9-17-13)10-4-3-5-12(8-10)20(2,18)19/h6-7,9-10,12,14,16H,3-5,8H2,1-2H3. The predicted octanol–water partition coefficient (Wildman–Crippen LogP) is 2.71. The van der Waals surface area contributed by atoms with Gasteiger partial charge in [0.2, 0.25) is 0 Å². The number of pyridine rings is 1. The smallest absolute Gasteiger partial charge is 0.150 e. The molecule has 2 rings (SSSR count). The molecule has 1 N–H and O–H groups in total. The molecule has 0 radical (unpaired) electrons. The number of nitrogens with zero attached hydrogens (tertiary/aromatic N) is 1. The van der Waals surface area contributed by atoms with Gasteiger partial charge in [-0.3, -0.25) is 4.98 Å². The van der Waals surface area contributed by atoms with Gasteiger partial charge in [0.05, 0.1) is 17.0 Å². The van der Waals surface area contributed by atoms with Gasteiger partial charge in [0.15, 0.2) is 0 Å². The quantitative estimate of drug-likeness (QED) is 0.896. The van der Waals surface area contributed by atoms with E-state index in [1.807, 2.05) is 19.2 Å². The van der Waals surface area contributed by atoms with E-state index in [-0.39, 0.29) is 11.3 Å². The first kappa shape index (κ1) is 15.9. The van der Waals surface area contributed by atoms with E-state index in [0.29, 0.717) is 5.92 Å². The molecule has 0 aliphatic heterocycles. The van der Waals surface area contributed by atoms with Gasteiger partial charge in [-0.2, -0.15) is 0 Å². The lowest BCUT2D eigenvalue weighted by molar-refractivity contribution is 0.279. The van der Waals surface area contributed by atoms with Crippen molar-refractivity contribution >= 4 is 25.8 Å². The summed E-state index contributed by atoms with van der Waals surface area (Å²) in [6.45, 7) is 0. The summed E-state index contributed by atoms with van der Waals surface area (Å²) in [5, 5.41) is 3.11. The summed E-state index contributed by atoms with van der Waals surface area (Å²) in [7, 11) is -1.03. The first-order valence-electron chi connectivity index (χ1n) is 6.89. The first-order valence-corrected chi connectivity index (χ1v) is 9.64. The van der Waals surface area contributed by atoms with Crippen LogP contribution < -0.4 is 5.32 Å². The van der Waals surface area contributed by atoms with Crippen LogP contribution in [0.15, 0.2) is 22.8 Å². The van der Waals surface area contributed by atoms with Crippen molar-refractivity contribution in [3.8, 4) is 0 Å². The summed E-state index contributed by atoms with van der Waals surface area (Å²) in [6.07, 6.45) is 6.68. The van der Waals surface area contributed by atoms with E-state index in [2.05, 4.69) is 26.2 Å². The maximum absolute atomic E-state index is 11.8. The minimum atomic E-state index is -2.95. The molecule has 1 fully saturated rings. The lowest BCUT2D eigenvalue weighted by atomic mass is 9.82. The van der Waals surface area contributed by atoms with Gasteiger partial charge in [-0.05, 0) is 60.3 Å². The number of hydrogen-bond acceptors (Lipinski definition) is 4. The molecule has 0 saturated heterocycles. The maximum atomic E-state index is 11.8. The Morgan fingerprint density at radius 2 is 2.15 bits per heavy atom. The average Bonchev–Trinajstić information content (AvgIpc) is 2.41. The molecule has 1 aliphatic rings. The van der Waals surface area contributed by atoms with Crippen molar-refractivity contribution in [3.63, 3.8) is 0 Å². The zero-order valence-corrected chi connectivity index (χ0v) is 14.2. The summed E-state index contributed by atoms with van der Waals surface area (Å²) < 4.78 is 24.5. The molecule has 0 aromatic carbocycles. The zero-order chi connectivity index (χ0) is 14.8. The topological polar surface area (TPSA) is 59.1 Å². The summed E-state index contributed by atoms with van der Waals surface area (Å²) in [5.41, 5.74) is 0.981. The van der Waals surface area contributed by atoms with Crippen molar-refractivity contribution in [3.05, 3.63) is 28.5 Å². The number of hydrogen-bond donors (Lipinski definition) is 1. The van der Waals surface area contributed by atoms with E-state index in [1.54, 1.807) is 6.20 Å². The molecule has 0 spiro atoms. The van der Waals surface area contributed by atoms with E-state index in [4.69, 9.17) is 0 Å². The summed E-state index contributed by atoms with van der Waals surface area (Å²) in [6, 6.07) is 4.09. The van der Waals surface area contributed by atoms with Gasteiger partial charge in [0.1, 0.15) is 9.84 Å². The van der Waals surface area contributed by atoms with E-state index >= 15 is 0 Å². The Morgan fingerprint density at radius 3 is 2.70 bits per heavy atom. The molecule has 1 saturated carbocycles. The Bertz CT molecular complexity index is 545. The van der Waals surface area contributed by atoms with Crippen LogP contribution in [-0.2, 0) is 9.84 Å². The molecule has 6 heteroatoms. The van der Waals surface area contributed by atoms with Crippen LogP contribution in [0, 0.1) is 5.92 Å². The van der Waals surface area contributed by atoms with Gasteiger partial charge in [0, 0.05) is 16.9 Å². The SMILES string of the molecule is CNC(c1ccc(Br)cn1)C1CCCC(S(C)(=O)=O)C1. The van der Waals surface area contributed by atoms with Crippen LogP contribution >= 0.6 is 15.9 Å². The summed E-state index contributed by atoms with van der Waals surface area (Å²) in [4.78, 5) is 4.45. The van der Waals surface area contributed by atoms with Gasteiger partial charge in [-0.25, -0.2) is 8.42 Å². The maximum Gasteiger partial charge on any atom is 0.150 e. The second kappa shape index (κ2) is 6.54. The van der Waals surface area contributed by atoms with E-state index < -0.39 is 9.84 Å². The highest BCUT2D eigenvalue weighted by molar-refractivity contribution is 9.10. The molecule has 1 aliphatic carbocycles. The van der Waals surface area contributed by atoms with Gasteiger partial charge < -0.3 is 5.32 Å². The predicted molar refractivity (Wildman–Crippen MR) is 84.3 cm³/mol. The normalized spacial score (nSPS) is 25.4. The van der Waals surface area contributed by atoms with Crippen molar-refractivity contribution in [1.82, 2.24) is 10.3 Å². The Morgan fingerprint density at radius 1 is 1.40 bits per heavy atom. The summed E-state index contributed by atoms with van der Waals surface area (Å²) in [5.74, 6) is 0.321. The molecular weight excluding hydrogens is 340 g/mol. The van der Waals surface area contributed by atoms with Crippen LogP contribution in [0.1, 0.15) is 37.4 Å². The molecule has 20 heavy (non-hydrogen) atoms. The molecule has 1 aromatic heterocycles. The monoisotopic (exact) mass is 360 g/mol. The van der Waals surface area contributed by atoms with Crippen LogP contribution in [0.2, 0.25) is 0 Å². The van der Waals surface area contributed by atoms with E-state index in [0.717, 1.165) is 35.8 Å². The van der Waals surface area contributed by atoms with Crippen LogP contribution in [0.3, 0.4) is 0 Å². The number of halogens is 1. The third-order valence-electron chi connectivity index (χ3n) is 4.12.